The minimum atomic E-state index is -1.57. The van der Waals surface area contributed by atoms with Gasteiger partial charge in [0.25, 0.3) is 5.91 Å². The lowest BCUT2D eigenvalue weighted by molar-refractivity contribution is -0.155. The van der Waals surface area contributed by atoms with E-state index in [9.17, 15) is 9.59 Å². The molecule has 1 aliphatic rings. The Morgan fingerprint density at radius 3 is 2.18 bits per heavy atom. The Bertz CT molecular complexity index is 1720. The lowest BCUT2D eigenvalue weighted by atomic mass is 9.83. The molecule has 0 fully saturated rings. The Morgan fingerprint density at radius 2 is 1.57 bits per heavy atom. The standard InChI is InChI=1S/C41H47N3O7/c1-40(2,3)51-36(46)23-24-41(39(47)44-42-28-35(29-13-7-5-8-14-29)30-15-9-6-10-16-30)37(32-17-11-18-34(27-32)48-4)50-38(43-41)31-19-21-33(22-20-31)49-26-12-25-45/h5-11,13-22,27,35,37,42,45H,12,23-26,28H2,1-4H3,(H,44,47)/t37-,41-/m0/s1. The third-order valence-corrected chi connectivity index (χ3v) is 8.47. The highest BCUT2D eigenvalue weighted by molar-refractivity contribution is 6.01. The Hall–Kier alpha value is -5.19. The van der Waals surface area contributed by atoms with Crippen molar-refractivity contribution in [3.63, 3.8) is 0 Å². The second-order valence-electron chi connectivity index (χ2n) is 13.4. The molecule has 10 heteroatoms. The number of esters is 1. The molecule has 0 aliphatic carbocycles. The smallest absolute Gasteiger partial charge is 0.306 e. The van der Waals surface area contributed by atoms with Crippen molar-refractivity contribution in [3.8, 4) is 11.5 Å². The Labute approximate surface area is 299 Å². The first-order chi connectivity index (χ1) is 24.6. The van der Waals surface area contributed by atoms with E-state index >= 15 is 0 Å². The first-order valence-electron chi connectivity index (χ1n) is 17.2. The minimum Gasteiger partial charge on any atom is -0.497 e. The predicted octanol–water partition coefficient (Wildman–Crippen LogP) is 6.29. The number of nitrogens with one attached hydrogen (secondary N) is 2. The third kappa shape index (κ3) is 9.74. The van der Waals surface area contributed by atoms with Crippen LogP contribution in [-0.2, 0) is 19.1 Å². The Morgan fingerprint density at radius 1 is 0.902 bits per heavy atom. The van der Waals surface area contributed by atoms with Gasteiger partial charge >= 0.3 is 5.97 Å². The van der Waals surface area contributed by atoms with Crippen LogP contribution in [0.15, 0.2) is 114 Å². The Kier molecular flexibility index (Phi) is 12.5. The molecule has 5 rings (SSSR count). The van der Waals surface area contributed by atoms with Crippen molar-refractivity contribution in [1.29, 1.82) is 0 Å². The fraction of sp³-hybridized carbons (Fsp3) is 0.341. The summed E-state index contributed by atoms with van der Waals surface area (Å²) >= 11 is 0. The van der Waals surface area contributed by atoms with Crippen molar-refractivity contribution in [3.05, 3.63) is 131 Å². The highest BCUT2D eigenvalue weighted by atomic mass is 16.6. The number of hydrazine groups is 1. The van der Waals surface area contributed by atoms with Crippen LogP contribution in [0.25, 0.3) is 0 Å². The Balaban J connectivity index is 1.49. The van der Waals surface area contributed by atoms with Crippen LogP contribution in [0.1, 0.15) is 74.3 Å². The maximum Gasteiger partial charge on any atom is 0.306 e. The highest BCUT2D eigenvalue weighted by Gasteiger charge is 2.53. The fourth-order valence-corrected chi connectivity index (χ4v) is 6.00. The highest BCUT2D eigenvalue weighted by Crippen LogP contribution is 2.44. The fourth-order valence-electron chi connectivity index (χ4n) is 6.00. The topological polar surface area (TPSA) is 128 Å². The SMILES string of the molecule is COc1cccc([C@@H]2OC(c3ccc(OCCCO)cc3)=N[C@]2(CCC(=O)OC(C)(C)C)C(=O)NNCC(c2ccccc2)c2ccccc2)c1. The number of rotatable bonds is 16. The number of hydrogen-bond donors (Lipinski definition) is 3. The summed E-state index contributed by atoms with van der Waals surface area (Å²) in [5.41, 5.74) is 7.33. The maximum atomic E-state index is 14.7. The van der Waals surface area contributed by atoms with Crippen molar-refractivity contribution in [1.82, 2.24) is 10.9 Å². The molecule has 268 valence electrons. The summed E-state index contributed by atoms with van der Waals surface area (Å²) in [6, 6.07) is 34.7. The molecule has 4 aromatic rings. The molecule has 0 bridgehead atoms. The molecule has 3 N–H and O–H groups in total. The van der Waals surface area contributed by atoms with E-state index in [0.717, 1.165) is 11.1 Å². The normalized spacial score (nSPS) is 17.0. The second kappa shape index (κ2) is 17.2. The molecule has 0 spiro atoms. The van der Waals surface area contributed by atoms with Crippen LogP contribution in [0.2, 0.25) is 0 Å². The monoisotopic (exact) mass is 693 g/mol. The molecule has 4 aromatic carbocycles. The van der Waals surface area contributed by atoms with E-state index in [1.165, 1.54) is 0 Å². The lowest BCUT2D eigenvalue weighted by Gasteiger charge is -2.31. The summed E-state index contributed by atoms with van der Waals surface area (Å²) in [6.45, 7) is 6.22. The van der Waals surface area contributed by atoms with Gasteiger partial charge < -0.3 is 24.1 Å². The van der Waals surface area contributed by atoms with E-state index in [2.05, 4.69) is 35.1 Å². The number of methoxy groups -OCH3 is 1. The van der Waals surface area contributed by atoms with E-state index in [1.807, 2.05) is 60.7 Å². The molecule has 51 heavy (non-hydrogen) atoms. The lowest BCUT2D eigenvalue weighted by Crippen LogP contribution is -2.53. The number of nitrogens with zero attached hydrogens (tertiary/aromatic N) is 1. The molecule has 2 atom stereocenters. The van der Waals surface area contributed by atoms with Crippen molar-refractivity contribution in [2.45, 2.75) is 63.2 Å². The number of aliphatic imine (C=N–C) groups is 1. The number of carbonyl (C=O) groups excluding carboxylic acids is 2. The molecule has 1 aliphatic heterocycles. The van der Waals surface area contributed by atoms with Gasteiger partial charge in [-0.15, -0.1) is 0 Å². The molecule has 0 saturated carbocycles. The molecular weight excluding hydrogens is 646 g/mol. The van der Waals surface area contributed by atoms with Crippen molar-refractivity contribution in [2.24, 2.45) is 4.99 Å². The number of carbonyl (C=O) groups is 2. The van der Waals surface area contributed by atoms with Crippen molar-refractivity contribution >= 4 is 17.8 Å². The summed E-state index contributed by atoms with van der Waals surface area (Å²) in [5, 5.41) is 9.11. The zero-order chi connectivity index (χ0) is 36.3. The first-order valence-corrected chi connectivity index (χ1v) is 17.2. The zero-order valence-corrected chi connectivity index (χ0v) is 29.6. The van der Waals surface area contributed by atoms with Crippen LogP contribution in [0.5, 0.6) is 11.5 Å². The first kappa shape index (κ1) is 37.1. The third-order valence-electron chi connectivity index (χ3n) is 8.47. The minimum absolute atomic E-state index is 0.00393. The quantitative estimate of drug-likeness (QED) is 0.0711. The van der Waals surface area contributed by atoms with Gasteiger partial charge in [-0.3, -0.25) is 15.0 Å². The molecule has 0 aromatic heterocycles. The van der Waals surface area contributed by atoms with E-state index in [4.69, 9.17) is 29.0 Å². The number of ether oxygens (including phenoxy) is 4. The predicted molar refractivity (Wildman–Crippen MR) is 196 cm³/mol. The van der Waals surface area contributed by atoms with E-state index in [1.54, 1.807) is 52.1 Å². The van der Waals surface area contributed by atoms with Crippen molar-refractivity contribution < 1.29 is 33.6 Å². The second-order valence-corrected chi connectivity index (χ2v) is 13.4. The van der Waals surface area contributed by atoms with Gasteiger partial charge in [-0.25, -0.2) is 10.4 Å². The van der Waals surface area contributed by atoms with Crippen LogP contribution >= 0.6 is 0 Å². The van der Waals surface area contributed by atoms with Gasteiger partial charge in [0.1, 0.15) is 17.1 Å². The molecule has 0 unspecified atom stereocenters. The van der Waals surface area contributed by atoms with Crippen LogP contribution in [0.3, 0.4) is 0 Å². The van der Waals surface area contributed by atoms with Gasteiger partial charge in [-0.05, 0) is 80.3 Å². The molecule has 0 saturated heterocycles. The molecule has 10 nitrogen and oxygen atoms in total. The van der Waals surface area contributed by atoms with Gasteiger partial charge in [-0.1, -0.05) is 72.8 Å². The average molecular weight is 694 g/mol. The summed E-state index contributed by atoms with van der Waals surface area (Å²) in [4.78, 5) is 32.8. The van der Waals surface area contributed by atoms with Gasteiger partial charge in [0.05, 0.1) is 13.7 Å². The summed E-state index contributed by atoms with van der Waals surface area (Å²) < 4.78 is 23.5. The molecular formula is C41H47N3O7. The number of amides is 1. The van der Waals surface area contributed by atoms with Crippen LogP contribution in [-0.4, -0.2) is 60.9 Å². The molecule has 1 amide bonds. The number of benzene rings is 4. The summed E-state index contributed by atoms with van der Waals surface area (Å²) in [6.07, 6.45) is -0.476. The number of aliphatic hydroxyl groups is 1. The van der Waals surface area contributed by atoms with Crippen LogP contribution < -0.4 is 20.3 Å². The summed E-state index contributed by atoms with van der Waals surface area (Å²) in [5.74, 6) is 0.486. The van der Waals surface area contributed by atoms with Gasteiger partial charge in [0.15, 0.2) is 11.6 Å². The van der Waals surface area contributed by atoms with Crippen LogP contribution in [0.4, 0.5) is 0 Å². The number of hydrogen-bond acceptors (Lipinski definition) is 9. The van der Waals surface area contributed by atoms with Gasteiger partial charge in [0.2, 0.25) is 5.90 Å². The summed E-state index contributed by atoms with van der Waals surface area (Å²) in [7, 11) is 1.57. The van der Waals surface area contributed by atoms with Crippen LogP contribution in [0, 0.1) is 0 Å². The van der Waals surface area contributed by atoms with Gasteiger partial charge in [-0.2, -0.15) is 0 Å². The molecule has 1 heterocycles. The largest absolute Gasteiger partial charge is 0.497 e. The van der Waals surface area contributed by atoms with E-state index in [-0.39, 0.29) is 31.3 Å². The van der Waals surface area contributed by atoms with Crippen molar-refractivity contribution in [2.75, 3.05) is 26.9 Å². The zero-order valence-electron chi connectivity index (χ0n) is 29.6. The average Bonchev–Trinajstić information content (AvgIpc) is 3.54. The molecule has 0 radical (unpaired) electrons. The van der Waals surface area contributed by atoms with E-state index in [0.29, 0.717) is 42.2 Å². The maximum absolute atomic E-state index is 14.7. The van der Waals surface area contributed by atoms with Gasteiger partial charge in [0, 0.05) is 37.5 Å². The van der Waals surface area contributed by atoms with E-state index < -0.39 is 29.1 Å². The number of aliphatic hydroxyl groups excluding tert-OH is 1.